The summed E-state index contributed by atoms with van der Waals surface area (Å²) in [5.74, 6) is -5.19. The van der Waals surface area contributed by atoms with E-state index < -0.39 is 78.9 Å². The van der Waals surface area contributed by atoms with Crippen molar-refractivity contribution in [3.63, 3.8) is 0 Å². The van der Waals surface area contributed by atoms with Crippen molar-refractivity contribution in [3.05, 3.63) is 18.2 Å². The van der Waals surface area contributed by atoms with Gasteiger partial charge in [-0.3, -0.25) is 28.8 Å². The number of thiol groups is 1. The third kappa shape index (κ3) is 13.9. The number of carbonyl (C=O) groups is 6. The highest BCUT2D eigenvalue weighted by Gasteiger charge is 2.32. The Kier molecular flexibility index (Phi) is 16.3. The zero-order chi connectivity index (χ0) is 32.7. The molecule has 0 bridgehead atoms. The molecule has 0 aliphatic rings. The number of hydrogen-bond acceptors (Lipinski definition) is 10. The van der Waals surface area contributed by atoms with Crippen LogP contribution in [-0.2, 0) is 35.2 Å². The lowest BCUT2D eigenvalue weighted by molar-refractivity contribution is -0.139. The van der Waals surface area contributed by atoms with Crippen LogP contribution in [0, 0.1) is 11.8 Å². The molecule has 1 heterocycles. The maximum absolute atomic E-state index is 13.4. The number of carboxylic acids is 1. The fourth-order valence-electron chi connectivity index (χ4n) is 3.91. The molecule has 1 rings (SSSR count). The van der Waals surface area contributed by atoms with Gasteiger partial charge >= 0.3 is 5.97 Å². The zero-order valence-corrected chi connectivity index (χ0v) is 25.6. The number of carboxylic acid groups (broad SMARTS) is 1. The minimum absolute atomic E-state index is 0.0378. The smallest absolute Gasteiger partial charge is 0.322 e. The SMILES string of the molecule is CC(C)CC(N)C(=O)NC(Cc1cnc[nH]1)C(=O)NC(CC(C)C)C(=O)NC(CS)C(=O)NC(CO)C(=O)NCC(=O)O. The standard InChI is InChI=1S/C26H44N8O8S/c1-13(2)5-16(27)22(38)31-18(7-15-8-28-12-30-15)25(41)32-17(6-14(3)4)24(40)34-20(11-43)26(42)33-19(10-35)23(39)29-9-21(36)37/h8,12-14,16-20,35,43H,5-7,9-11,27H2,1-4H3,(H,28,30)(H,29,39)(H,31,38)(H,32,41)(H,33,42)(H,34,40)(H,36,37). The van der Waals surface area contributed by atoms with E-state index in [0.717, 1.165) is 0 Å². The Labute approximate surface area is 255 Å². The lowest BCUT2D eigenvalue weighted by atomic mass is 10.0. The molecule has 16 nitrogen and oxygen atoms in total. The van der Waals surface area contributed by atoms with Gasteiger partial charge in [0, 0.05) is 24.1 Å². The Morgan fingerprint density at radius 1 is 0.837 bits per heavy atom. The third-order valence-corrected chi connectivity index (χ3v) is 6.42. The van der Waals surface area contributed by atoms with E-state index >= 15 is 0 Å². The maximum atomic E-state index is 13.4. The normalized spacial score (nSPS) is 14.6. The summed E-state index contributed by atoms with van der Waals surface area (Å²) >= 11 is 4.10. The van der Waals surface area contributed by atoms with Crippen molar-refractivity contribution in [2.24, 2.45) is 17.6 Å². The van der Waals surface area contributed by atoms with Crippen LogP contribution in [0.2, 0.25) is 0 Å². The van der Waals surface area contributed by atoms with Crippen molar-refractivity contribution < 1.29 is 39.0 Å². The van der Waals surface area contributed by atoms with Gasteiger partial charge in [-0.1, -0.05) is 27.7 Å². The van der Waals surface area contributed by atoms with E-state index in [1.807, 2.05) is 33.0 Å². The second-order valence-electron chi connectivity index (χ2n) is 10.9. The number of aliphatic hydroxyl groups is 1. The average Bonchev–Trinajstić information content (AvgIpc) is 3.44. The lowest BCUT2D eigenvalue weighted by Crippen LogP contribution is -2.60. The molecule has 17 heteroatoms. The van der Waals surface area contributed by atoms with E-state index in [1.165, 1.54) is 12.5 Å². The van der Waals surface area contributed by atoms with E-state index in [-0.39, 0.29) is 30.4 Å². The number of amides is 5. The molecule has 1 aromatic heterocycles. The highest BCUT2D eigenvalue weighted by Crippen LogP contribution is 2.09. The number of H-pyrrole nitrogens is 1. The second-order valence-corrected chi connectivity index (χ2v) is 11.2. The summed E-state index contributed by atoms with van der Waals surface area (Å²) < 4.78 is 0. The summed E-state index contributed by atoms with van der Waals surface area (Å²) in [5.41, 5.74) is 6.56. The average molecular weight is 629 g/mol. The summed E-state index contributed by atoms with van der Waals surface area (Å²) in [4.78, 5) is 81.9. The molecule has 5 amide bonds. The first-order chi connectivity index (χ1) is 20.2. The minimum Gasteiger partial charge on any atom is -0.480 e. The van der Waals surface area contributed by atoms with E-state index in [0.29, 0.717) is 12.1 Å². The highest BCUT2D eigenvalue weighted by molar-refractivity contribution is 7.80. The molecular weight excluding hydrogens is 584 g/mol. The van der Waals surface area contributed by atoms with Crippen LogP contribution < -0.4 is 32.3 Å². The third-order valence-electron chi connectivity index (χ3n) is 6.06. The highest BCUT2D eigenvalue weighted by atomic mass is 32.1. The summed E-state index contributed by atoms with van der Waals surface area (Å²) in [6.45, 7) is 5.92. The summed E-state index contributed by atoms with van der Waals surface area (Å²) in [6.07, 6.45) is 3.53. The Morgan fingerprint density at radius 3 is 1.88 bits per heavy atom. The lowest BCUT2D eigenvalue weighted by Gasteiger charge is -2.27. The fraction of sp³-hybridized carbons (Fsp3) is 0.654. The Balaban J connectivity index is 3.04. The molecule has 0 aliphatic carbocycles. The second kappa shape index (κ2) is 18.8. The number of aromatic amines is 1. The predicted molar refractivity (Wildman–Crippen MR) is 158 cm³/mol. The largest absolute Gasteiger partial charge is 0.480 e. The van der Waals surface area contributed by atoms with Crippen LogP contribution in [-0.4, -0.2) is 105 Å². The number of carbonyl (C=O) groups excluding carboxylic acids is 5. The molecule has 0 radical (unpaired) electrons. The zero-order valence-electron chi connectivity index (χ0n) is 24.8. The number of nitrogens with two attached hydrogens (primary N) is 1. The number of rotatable bonds is 19. The van der Waals surface area contributed by atoms with Gasteiger partial charge in [0.1, 0.15) is 30.7 Å². The van der Waals surface area contributed by atoms with Crippen LogP contribution in [0.1, 0.15) is 46.2 Å². The number of nitrogens with one attached hydrogen (secondary N) is 6. The molecule has 0 aliphatic heterocycles. The van der Waals surface area contributed by atoms with Crippen molar-refractivity contribution >= 4 is 48.1 Å². The van der Waals surface area contributed by atoms with Crippen LogP contribution >= 0.6 is 12.6 Å². The number of aliphatic carboxylic acids is 1. The van der Waals surface area contributed by atoms with Gasteiger partial charge in [0.2, 0.25) is 29.5 Å². The molecule has 0 saturated carbocycles. The number of aromatic nitrogens is 2. The van der Waals surface area contributed by atoms with Gasteiger partial charge in [0.05, 0.1) is 19.0 Å². The summed E-state index contributed by atoms with van der Waals surface area (Å²) in [6, 6.07) is -5.84. The first-order valence-electron chi connectivity index (χ1n) is 13.8. The quantitative estimate of drug-likeness (QED) is 0.0716. The molecule has 242 valence electrons. The fourth-order valence-corrected chi connectivity index (χ4v) is 4.17. The predicted octanol–water partition coefficient (Wildman–Crippen LogP) is -2.57. The topological polar surface area (TPSA) is 258 Å². The number of aliphatic hydroxyl groups excluding tert-OH is 1. The van der Waals surface area contributed by atoms with Crippen molar-refractivity contribution in [3.8, 4) is 0 Å². The molecular formula is C26H44N8O8S. The molecule has 0 spiro atoms. The van der Waals surface area contributed by atoms with E-state index in [9.17, 15) is 33.9 Å². The molecule has 0 aromatic carbocycles. The molecule has 5 unspecified atom stereocenters. The van der Waals surface area contributed by atoms with Crippen LogP contribution in [0.4, 0.5) is 0 Å². The maximum Gasteiger partial charge on any atom is 0.322 e. The first kappa shape index (κ1) is 37.3. The van der Waals surface area contributed by atoms with Gasteiger partial charge in [-0.15, -0.1) is 0 Å². The number of nitrogens with zero attached hydrogens (tertiary/aromatic N) is 1. The summed E-state index contributed by atoms with van der Waals surface area (Å²) in [7, 11) is 0. The van der Waals surface area contributed by atoms with Crippen LogP contribution in [0.15, 0.2) is 12.5 Å². The molecule has 5 atom stereocenters. The van der Waals surface area contributed by atoms with Gasteiger partial charge < -0.3 is 47.5 Å². The van der Waals surface area contributed by atoms with Crippen molar-refractivity contribution in [2.75, 3.05) is 18.9 Å². The van der Waals surface area contributed by atoms with Crippen LogP contribution in [0.3, 0.4) is 0 Å². The van der Waals surface area contributed by atoms with Crippen LogP contribution in [0.5, 0.6) is 0 Å². The Morgan fingerprint density at radius 2 is 1.37 bits per heavy atom. The van der Waals surface area contributed by atoms with E-state index in [2.05, 4.69) is 43.9 Å². The van der Waals surface area contributed by atoms with Crippen LogP contribution in [0.25, 0.3) is 0 Å². The molecule has 1 aromatic rings. The van der Waals surface area contributed by atoms with E-state index in [1.54, 1.807) is 0 Å². The number of hydrogen-bond donors (Lipinski definition) is 10. The molecule has 0 fully saturated rings. The van der Waals surface area contributed by atoms with Crippen molar-refractivity contribution in [1.82, 2.24) is 36.6 Å². The van der Waals surface area contributed by atoms with Gasteiger partial charge in [0.25, 0.3) is 0 Å². The summed E-state index contributed by atoms with van der Waals surface area (Å²) in [5, 5.41) is 30.3. The van der Waals surface area contributed by atoms with Gasteiger partial charge in [0.15, 0.2) is 0 Å². The van der Waals surface area contributed by atoms with Crippen molar-refractivity contribution in [1.29, 1.82) is 0 Å². The van der Waals surface area contributed by atoms with Gasteiger partial charge in [-0.2, -0.15) is 12.6 Å². The molecule has 10 N–H and O–H groups in total. The molecule has 0 saturated heterocycles. The van der Waals surface area contributed by atoms with Crippen molar-refractivity contribution in [2.45, 2.75) is 77.2 Å². The minimum atomic E-state index is -1.48. The van der Waals surface area contributed by atoms with Gasteiger partial charge in [-0.25, -0.2) is 4.98 Å². The monoisotopic (exact) mass is 628 g/mol. The Bertz CT molecular complexity index is 1090. The molecule has 43 heavy (non-hydrogen) atoms. The van der Waals surface area contributed by atoms with E-state index in [4.69, 9.17) is 10.8 Å². The number of imidazole rings is 1. The van der Waals surface area contributed by atoms with Gasteiger partial charge in [-0.05, 0) is 24.7 Å². The Hall–Kier alpha value is -3.70. The first-order valence-corrected chi connectivity index (χ1v) is 14.5.